The molecule has 3 rings (SSSR count). The van der Waals surface area contributed by atoms with Gasteiger partial charge in [0.25, 0.3) is 11.5 Å². The molecule has 6 N–H and O–H groups in total. The Morgan fingerprint density at radius 3 is 2.59 bits per heavy atom. The van der Waals surface area contributed by atoms with Crippen LogP contribution >= 0.6 is 0 Å². The van der Waals surface area contributed by atoms with Gasteiger partial charge in [-0.15, -0.1) is 6.42 Å². The number of hydrogen-bond donors (Lipinski definition) is 5. The van der Waals surface area contributed by atoms with Crippen LogP contribution in [0.1, 0.15) is 28.9 Å². The van der Waals surface area contributed by atoms with E-state index in [2.05, 4.69) is 30.6 Å². The second-order valence-electron chi connectivity index (χ2n) is 6.46. The average molecular weight is 483 g/mol. The molecule has 3 aromatic rings. The number of rotatable bonds is 9. The number of carbonyl (C=O) groups is 2. The topological polar surface area (TPSA) is 193 Å². The average Bonchev–Trinajstić information content (AvgIpc) is 2.75. The van der Waals surface area contributed by atoms with Crippen LogP contribution < -0.4 is 21.9 Å². The van der Waals surface area contributed by atoms with Gasteiger partial charge in [-0.3, -0.25) is 20.9 Å². The van der Waals surface area contributed by atoms with Crippen LogP contribution in [0.5, 0.6) is 0 Å². The summed E-state index contributed by atoms with van der Waals surface area (Å²) in [7, 11) is 0. The van der Waals surface area contributed by atoms with E-state index in [1.165, 1.54) is 18.3 Å². The first-order chi connectivity index (χ1) is 14.9. The zero-order valence-electron chi connectivity index (χ0n) is 16.4. The summed E-state index contributed by atoms with van der Waals surface area (Å²) in [4.78, 5) is 60.2. The van der Waals surface area contributed by atoms with E-state index in [4.69, 9.17) is 10.8 Å². The number of aromatic amines is 1. The third-order valence-electron chi connectivity index (χ3n) is 4.25. The van der Waals surface area contributed by atoms with Gasteiger partial charge in [0.1, 0.15) is 6.04 Å². The number of carboxylic acids is 1. The standard InChI is InChI=1S/C19H18N7O5.Ni/c20-19-25-15-14(17(29)26-19)23-12(9-22-15)8-21-11-5-3-10(4-6-11)16(28)24-13(18(30)31)2-1-7-27;/h3-6,9,13,21H,1-2,8H2,(H,24,28)(H,30,31)(H3,20,22,25,26,29);/q-1;/t13-;/m0./s1. The van der Waals surface area contributed by atoms with Crippen LogP contribution in [-0.2, 0) is 32.6 Å². The van der Waals surface area contributed by atoms with E-state index in [-0.39, 0.29) is 58.6 Å². The molecule has 0 aliphatic heterocycles. The van der Waals surface area contributed by atoms with E-state index in [9.17, 15) is 19.2 Å². The summed E-state index contributed by atoms with van der Waals surface area (Å²) in [5.74, 6) is -1.84. The summed E-state index contributed by atoms with van der Waals surface area (Å²) in [5.41, 5.74) is 6.61. The SMILES string of the molecule is Nc1nc2ncc(CNc3ccc(C(=O)N[C@@H](CC[C-]=O)C(=O)O)cc3)nc2c(=O)[nH]1.[Ni]. The molecule has 0 saturated heterocycles. The van der Waals surface area contributed by atoms with Crippen LogP contribution in [-0.4, -0.2) is 49.2 Å². The molecule has 1 atom stereocenters. The molecule has 0 unspecified atom stereocenters. The molecule has 32 heavy (non-hydrogen) atoms. The molecule has 170 valence electrons. The zero-order chi connectivity index (χ0) is 22.4. The maximum Gasteiger partial charge on any atom is 0.326 e. The molecule has 0 fully saturated rings. The van der Waals surface area contributed by atoms with Crippen molar-refractivity contribution in [2.75, 3.05) is 11.1 Å². The number of nitrogens with two attached hydrogens (primary N) is 1. The normalized spacial score (nSPS) is 11.2. The van der Waals surface area contributed by atoms with Crippen molar-refractivity contribution < 1.29 is 36.0 Å². The van der Waals surface area contributed by atoms with Crippen LogP contribution in [0.2, 0.25) is 0 Å². The fourth-order valence-electron chi connectivity index (χ4n) is 2.69. The van der Waals surface area contributed by atoms with Crippen molar-refractivity contribution in [3.8, 4) is 0 Å². The molecule has 2 aromatic heterocycles. The van der Waals surface area contributed by atoms with Crippen molar-refractivity contribution in [1.82, 2.24) is 25.3 Å². The predicted molar refractivity (Wildman–Crippen MR) is 110 cm³/mol. The quantitative estimate of drug-likeness (QED) is 0.204. The number of anilines is 2. The van der Waals surface area contributed by atoms with E-state index in [1.807, 2.05) is 0 Å². The zero-order valence-corrected chi connectivity index (χ0v) is 17.4. The Labute approximate surface area is 191 Å². The number of H-pyrrole nitrogens is 1. The van der Waals surface area contributed by atoms with Gasteiger partial charge in [0.05, 0.1) is 18.4 Å². The van der Waals surface area contributed by atoms with Crippen LogP contribution in [0.3, 0.4) is 0 Å². The number of carbonyl (C=O) groups excluding carboxylic acids is 2. The molecule has 0 aliphatic carbocycles. The summed E-state index contributed by atoms with van der Waals surface area (Å²) < 4.78 is 0. The molecule has 2 heterocycles. The van der Waals surface area contributed by atoms with Gasteiger partial charge in [-0.1, -0.05) is 0 Å². The molecule has 0 bridgehead atoms. The Bertz CT molecular complexity index is 1180. The third-order valence-corrected chi connectivity index (χ3v) is 4.25. The van der Waals surface area contributed by atoms with Gasteiger partial charge in [0.15, 0.2) is 11.2 Å². The second-order valence-corrected chi connectivity index (χ2v) is 6.46. The summed E-state index contributed by atoms with van der Waals surface area (Å²) in [6.07, 6.45) is 2.94. The first kappa shape index (κ1) is 24.4. The summed E-state index contributed by atoms with van der Waals surface area (Å²) >= 11 is 0. The Morgan fingerprint density at radius 2 is 1.94 bits per heavy atom. The van der Waals surface area contributed by atoms with Crippen LogP contribution in [0, 0.1) is 0 Å². The van der Waals surface area contributed by atoms with Crippen LogP contribution in [0.15, 0.2) is 35.3 Å². The van der Waals surface area contributed by atoms with E-state index in [0.717, 1.165) is 0 Å². The van der Waals surface area contributed by atoms with Crippen LogP contribution in [0.4, 0.5) is 11.6 Å². The fraction of sp³-hybridized carbons (Fsp3) is 0.211. The van der Waals surface area contributed by atoms with Gasteiger partial charge in [0.2, 0.25) is 5.95 Å². The van der Waals surface area contributed by atoms with Crippen molar-refractivity contribution in [2.24, 2.45) is 0 Å². The van der Waals surface area contributed by atoms with Crippen molar-refractivity contribution in [2.45, 2.75) is 25.4 Å². The van der Waals surface area contributed by atoms with Crippen molar-refractivity contribution in [3.05, 3.63) is 52.1 Å². The van der Waals surface area contributed by atoms with E-state index in [1.54, 1.807) is 18.4 Å². The summed E-state index contributed by atoms with van der Waals surface area (Å²) in [6, 6.07) is 5.13. The number of aliphatic carboxylic acids is 1. The minimum atomic E-state index is -1.23. The minimum absolute atomic E-state index is 0. The minimum Gasteiger partial charge on any atom is -0.542 e. The van der Waals surface area contributed by atoms with Crippen molar-refractivity contribution >= 4 is 41.0 Å². The second kappa shape index (κ2) is 11.0. The number of nitrogen functional groups attached to an aromatic ring is 1. The number of fused-ring (bicyclic) bond motifs is 1. The Morgan fingerprint density at radius 1 is 1.22 bits per heavy atom. The van der Waals surface area contributed by atoms with Gasteiger partial charge in [-0.25, -0.2) is 14.8 Å². The van der Waals surface area contributed by atoms with Gasteiger partial charge < -0.3 is 26.3 Å². The maximum atomic E-state index is 12.2. The largest absolute Gasteiger partial charge is 0.542 e. The molecule has 0 radical (unpaired) electrons. The first-order valence-corrected chi connectivity index (χ1v) is 9.11. The number of carboxylic acid groups (broad SMARTS) is 1. The molecule has 12 nitrogen and oxygen atoms in total. The molecule has 0 aliphatic rings. The molecule has 1 amide bonds. The number of nitrogens with zero attached hydrogens (tertiary/aromatic N) is 3. The van der Waals surface area contributed by atoms with Crippen LogP contribution in [0.25, 0.3) is 11.2 Å². The number of benzene rings is 1. The van der Waals surface area contributed by atoms with E-state index in [0.29, 0.717) is 11.4 Å². The molecular weight excluding hydrogens is 465 g/mol. The van der Waals surface area contributed by atoms with Gasteiger partial charge in [-0.05, 0) is 30.7 Å². The number of hydrogen-bond acceptors (Lipinski definition) is 9. The van der Waals surface area contributed by atoms with Gasteiger partial charge in [0, 0.05) is 27.7 Å². The van der Waals surface area contributed by atoms with E-state index >= 15 is 0 Å². The summed E-state index contributed by atoms with van der Waals surface area (Å²) in [5, 5.41) is 14.6. The van der Waals surface area contributed by atoms with E-state index < -0.39 is 23.5 Å². The molecule has 0 saturated carbocycles. The monoisotopic (exact) mass is 482 g/mol. The molecule has 1 aromatic carbocycles. The number of amides is 1. The predicted octanol–water partition coefficient (Wildman–Crippen LogP) is -0.0222. The Hall–Kier alpha value is -3.86. The molecule has 13 heteroatoms. The van der Waals surface area contributed by atoms with Gasteiger partial charge >= 0.3 is 5.97 Å². The Kier molecular flexibility index (Phi) is 8.36. The number of nitrogens with one attached hydrogen (secondary N) is 3. The Balaban J connectivity index is 0.00000363. The first-order valence-electron chi connectivity index (χ1n) is 9.11. The van der Waals surface area contributed by atoms with Gasteiger partial charge in [-0.2, -0.15) is 4.98 Å². The number of aromatic nitrogens is 4. The molecule has 0 spiro atoms. The van der Waals surface area contributed by atoms with Crippen molar-refractivity contribution in [3.63, 3.8) is 0 Å². The molecular formula is C19H18N7NiO5-. The smallest absolute Gasteiger partial charge is 0.326 e. The fourth-order valence-corrected chi connectivity index (χ4v) is 2.69. The summed E-state index contributed by atoms with van der Waals surface area (Å²) in [6.45, 7) is 0.252. The van der Waals surface area contributed by atoms with Crippen molar-refractivity contribution in [1.29, 1.82) is 0 Å². The maximum absolute atomic E-state index is 12.2. The third kappa shape index (κ3) is 6.08.